The average molecular weight is 320 g/mol. The van der Waals surface area contributed by atoms with E-state index in [1.165, 1.54) is 12.5 Å². The SMILES string of the molecule is O=C(CCN1CCN(C2CCNC2)CC1)Nc1ccccc1F. The van der Waals surface area contributed by atoms with Gasteiger partial charge in [0.15, 0.2) is 0 Å². The van der Waals surface area contributed by atoms with Gasteiger partial charge in [-0.15, -0.1) is 0 Å². The number of anilines is 1. The third kappa shape index (κ3) is 4.50. The van der Waals surface area contributed by atoms with Crippen molar-refractivity contribution in [3.63, 3.8) is 0 Å². The Kier molecular flexibility index (Phi) is 5.59. The maximum atomic E-state index is 13.5. The summed E-state index contributed by atoms with van der Waals surface area (Å²) in [7, 11) is 0. The van der Waals surface area contributed by atoms with Crippen LogP contribution in [0.3, 0.4) is 0 Å². The summed E-state index contributed by atoms with van der Waals surface area (Å²) in [6.07, 6.45) is 1.64. The Balaban J connectivity index is 1.38. The average Bonchev–Trinajstić information content (AvgIpc) is 3.10. The van der Waals surface area contributed by atoms with Crippen LogP contribution in [0.25, 0.3) is 0 Å². The number of hydrogen-bond acceptors (Lipinski definition) is 4. The molecule has 6 heteroatoms. The summed E-state index contributed by atoms with van der Waals surface area (Å²) >= 11 is 0. The van der Waals surface area contributed by atoms with Crippen LogP contribution in [0, 0.1) is 5.82 Å². The van der Waals surface area contributed by atoms with Crippen LogP contribution in [0.5, 0.6) is 0 Å². The van der Waals surface area contributed by atoms with Gasteiger partial charge in [0.1, 0.15) is 5.82 Å². The van der Waals surface area contributed by atoms with E-state index in [9.17, 15) is 9.18 Å². The van der Waals surface area contributed by atoms with Gasteiger partial charge in [-0.05, 0) is 25.1 Å². The quantitative estimate of drug-likeness (QED) is 0.854. The lowest BCUT2D eigenvalue weighted by Crippen LogP contribution is -2.51. The van der Waals surface area contributed by atoms with Crippen molar-refractivity contribution in [2.75, 3.05) is 51.1 Å². The van der Waals surface area contributed by atoms with Gasteiger partial charge in [0.2, 0.25) is 5.91 Å². The summed E-state index contributed by atoms with van der Waals surface area (Å²) in [5.41, 5.74) is 0.260. The molecule has 3 rings (SSSR count). The van der Waals surface area contributed by atoms with Crippen LogP contribution in [0.2, 0.25) is 0 Å². The Morgan fingerprint density at radius 3 is 2.74 bits per heavy atom. The summed E-state index contributed by atoms with van der Waals surface area (Å²) in [4.78, 5) is 16.8. The van der Waals surface area contributed by atoms with Crippen molar-refractivity contribution in [1.82, 2.24) is 15.1 Å². The predicted molar refractivity (Wildman–Crippen MR) is 88.9 cm³/mol. The molecule has 0 spiro atoms. The standard InChI is InChI=1S/C17H25FN4O/c18-15-3-1-2-4-16(15)20-17(23)6-8-21-9-11-22(12-10-21)14-5-7-19-13-14/h1-4,14,19H,5-13H2,(H,20,23). The van der Waals surface area contributed by atoms with Gasteiger partial charge >= 0.3 is 0 Å². The lowest BCUT2D eigenvalue weighted by atomic mass is 10.2. The lowest BCUT2D eigenvalue weighted by molar-refractivity contribution is -0.116. The van der Waals surface area contributed by atoms with Crippen molar-refractivity contribution in [2.24, 2.45) is 0 Å². The molecule has 0 aliphatic carbocycles. The number of nitrogens with one attached hydrogen (secondary N) is 2. The first-order valence-electron chi connectivity index (χ1n) is 8.44. The van der Waals surface area contributed by atoms with Crippen molar-refractivity contribution in [3.8, 4) is 0 Å². The van der Waals surface area contributed by atoms with E-state index in [4.69, 9.17) is 0 Å². The largest absolute Gasteiger partial charge is 0.324 e. The normalized spacial score (nSPS) is 23.1. The van der Waals surface area contributed by atoms with E-state index < -0.39 is 0 Å². The molecule has 23 heavy (non-hydrogen) atoms. The van der Waals surface area contributed by atoms with Crippen molar-refractivity contribution >= 4 is 11.6 Å². The van der Waals surface area contributed by atoms with Gasteiger partial charge in [0, 0.05) is 51.7 Å². The number of carbonyl (C=O) groups excluding carboxylic acids is 1. The number of halogens is 1. The van der Waals surface area contributed by atoms with Gasteiger partial charge in [0.05, 0.1) is 5.69 Å². The molecule has 2 aliphatic heterocycles. The van der Waals surface area contributed by atoms with Crippen molar-refractivity contribution in [1.29, 1.82) is 0 Å². The molecule has 0 radical (unpaired) electrons. The van der Waals surface area contributed by atoms with Gasteiger partial charge in [-0.25, -0.2) is 4.39 Å². The van der Waals surface area contributed by atoms with Crippen LogP contribution >= 0.6 is 0 Å². The zero-order chi connectivity index (χ0) is 16.1. The van der Waals surface area contributed by atoms with Gasteiger partial charge < -0.3 is 15.5 Å². The van der Waals surface area contributed by atoms with Gasteiger partial charge in [-0.3, -0.25) is 9.69 Å². The highest BCUT2D eigenvalue weighted by Gasteiger charge is 2.25. The summed E-state index contributed by atoms with van der Waals surface area (Å²) in [5.74, 6) is -0.517. The summed E-state index contributed by atoms with van der Waals surface area (Å²) in [6.45, 7) is 7.11. The van der Waals surface area contributed by atoms with E-state index >= 15 is 0 Å². The minimum absolute atomic E-state index is 0.127. The van der Waals surface area contributed by atoms with Crippen molar-refractivity contribution in [3.05, 3.63) is 30.1 Å². The summed E-state index contributed by atoms with van der Waals surface area (Å²) in [6, 6.07) is 6.95. The number of amides is 1. The third-order valence-corrected chi connectivity index (χ3v) is 4.76. The second kappa shape index (κ2) is 7.86. The van der Waals surface area contributed by atoms with Crippen LogP contribution in [0.1, 0.15) is 12.8 Å². The maximum Gasteiger partial charge on any atom is 0.225 e. The second-order valence-corrected chi connectivity index (χ2v) is 6.30. The molecule has 0 aromatic heterocycles. The van der Waals surface area contributed by atoms with E-state index in [0.29, 0.717) is 12.5 Å². The summed E-state index contributed by atoms with van der Waals surface area (Å²) < 4.78 is 13.5. The number of benzene rings is 1. The minimum atomic E-state index is -0.389. The Morgan fingerprint density at radius 2 is 2.04 bits per heavy atom. The smallest absolute Gasteiger partial charge is 0.225 e. The van der Waals surface area contributed by atoms with Crippen LogP contribution < -0.4 is 10.6 Å². The van der Waals surface area contributed by atoms with E-state index in [1.54, 1.807) is 18.2 Å². The van der Waals surface area contributed by atoms with Crippen LogP contribution in [0.15, 0.2) is 24.3 Å². The lowest BCUT2D eigenvalue weighted by Gasteiger charge is -2.37. The Labute approximate surface area is 136 Å². The van der Waals surface area contributed by atoms with Crippen molar-refractivity contribution < 1.29 is 9.18 Å². The third-order valence-electron chi connectivity index (χ3n) is 4.76. The van der Waals surface area contributed by atoms with Crippen LogP contribution in [0.4, 0.5) is 10.1 Å². The zero-order valence-electron chi connectivity index (χ0n) is 13.4. The van der Waals surface area contributed by atoms with Crippen molar-refractivity contribution in [2.45, 2.75) is 18.9 Å². The fourth-order valence-electron chi connectivity index (χ4n) is 3.34. The number of para-hydroxylation sites is 1. The first-order chi connectivity index (χ1) is 11.2. The van der Waals surface area contributed by atoms with E-state index in [2.05, 4.69) is 20.4 Å². The molecular weight excluding hydrogens is 295 g/mol. The molecule has 2 fully saturated rings. The topological polar surface area (TPSA) is 47.6 Å². The van der Waals surface area contributed by atoms with Crippen LogP contribution in [-0.2, 0) is 4.79 Å². The number of carbonyl (C=O) groups is 1. The highest BCUT2D eigenvalue weighted by molar-refractivity contribution is 5.90. The van der Waals surface area contributed by atoms with Gasteiger partial charge in [-0.1, -0.05) is 12.1 Å². The molecule has 2 N–H and O–H groups in total. The summed E-state index contributed by atoms with van der Waals surface area (Å²) in [5, 5.41) is 6.05. The van der Waals surface area contributed by atoms with Gasteiger partial charge in [0.25, 0.3) is 0 Å². The first-order valence-corrected chi connectivity index (χ1v) is 8.44. The van der Waals surface area contributed by atoms with E-state index in [1.807, 2.05) is 0 Å². The van der Waals surface area contributed by atoms with Crippen LogP contribution in [-0.4, -0.2) is 67.6 Å². The monoisotopic (exact) mass is 320 g/mol. The zero-order valence-corrected chi connectivity index (χ0v) is 13.4. The molecule has 126 valence electrons. The fraction of sp³-hybridized carbons (Fsp3) is 0.588. The molecule has 2 heterocycles. The molecule has 1 unspecified atom stereocenters. The Hall–Kier alpha value is -1.50. The first kappa shape index (κ1) is 16.4. The maximum absolute atomic E-state index is 13.5. The van der Waals surface area contributed by atoms with E-state index in [-0.39, 0.29) is 17.4 Å². The molecule has 1 atom stereocenters. The number of rotatable bonds is 5. The highest BCUT2D eigenvalue weighted by atomic mass is 19.1. The molecule has 2 saturated heterocycles. The minimum Gasteiger partial charge on any atom is -0.324 e. The molecular formula is C17H25FN4O. The fourth-order valence-corrected chi connectivity index (χ4v) is 3.34. The van der Waals surface area contributed by atoms with Gasteiger partial charge in [-0.2, -0.15) is 0 Å². The molecule has 5 nitrogen and oxygen atoms in total. The molecule has 1 amide bonds. The highest BCUT2D eigenvalue weighted by Crippen LogP contribution is 2.14. The number of hydrogen-bond donors (Lipinski definition) is 2. The number of nitrogens with zero attached hydrogens (tertiary/aromatic N) is 2. The molecule has 0 saturated carbocycles. The second-order valence-electron chi connectivity index (χ2n) is 6.30. The molecule has 2 aliphatic rings. The number of piperazine rings is 1. The Bertz CT molecular complexity index is 525. The molecule has 1 aromatic rings. The Morgan fingerprint density at radius 1 is 1.26 bits per heavy atom. The molecule has 1 aromatic carbocycles. The molecule has 0 bridgehead atoms. The predicted octanol–water partition coefficient (Wildman–Crippen LogP) is 1.13. The van der Waals surface area contributed by atoms with E-state index in [0.717, 1.165) is 45.8 Å².